The van der Waals surface area contributed by atoms with E-state index < -0.39 is 5.91 Å². The zero-order valence-corrected chi connectivity index (χ0v) is 13.9. The van der Waals surface area contributed by atoms with Crippen molar-refractivity contribution in [3.63, 3.8) is 0 Å². The molecule has 0 radical (unpaired) electrons. The number of rotatable bonds is 8. The van der Waals surface area contributed by atoms with E-state index in [1.807, 2.05) is 11.4 Å². The molecular weight excluding hydrogens is 326 g/mol. The van der Waals surface area contributed by atoms with Crippen molar-refractivity contribution in [1.82, 2.24) is 10.6 Å². The molecule has 1 aromatic carbocycles. The summed E-state index contributed by atoms with van der Waals surface area (Å²) in [6, 6.07) is 8.58. The number of benzene rings is 1. The predicted molar refractivity (Wildman–Crippen MR) is 92.7 cm³/mol. The van der Waals surface area contributed by atoms with Gasteiger partial charge in [0.05, 0.1) is 0 Å². The average molecular weight is 345 g/mol. The van der Waals surface area contributed by atoms with Crippen molar-refractivity contribution in [3.05, 3.63) is 57.8 Å². The van der Waals surface area contributed by atoms with Crippen LogP contribution in [-0.2, 0) is 11.3 Å². The van der Waals surface area contributed by atoms with Crippen molar-refractivity contribution < 1.29 is 14.4 Å². The number of hydrogen-bond acceptors (Lipinski definition) is 4. The smallest absolute Gasteiger partial charge is 0.252 e. The first-order chi connectivity index (χ1) is 11.6. The highest BCUT2D eigenvalue weighted by atomic mass is 32.1. The Morgan fingerprint density at radius 3 is 2.62 bits per heavy atom. The van der Waals surface area contributed by atoms with Crippen LogP contribution in [0.15, 0.2) is 41.1 Å². The second-order valence-corrected chi connectivity index (χ2v) is 5.99. The van der Waals surface area contributed by atoms with Gasteiger partial charge in [-0.1, -0.05) is 12.1 Å². The maximum atomic E-state index is 11.8. The van der Waals surface area contributed by atoms with Crippen molar-refractivity contribution in [1.29, 1.82) is 0 Å². The van der Waals surface area contributed by atoms with Gasteiger partial charge < -0.3 is 16.4 Å². The first kappa shape index (κ1) is 17.7. The SMILES string of the molecule is NC(=O)c1cccc(CNC(=O)CCCNC(=O)c2ccsc2)c1. The molecule has 2 rings (SSSR count). The molecule has 0 saturated heterocycles. The molecule has 1 heterocycles. The average Bonchev–Trinajstić information content (AvgIpc) is 3.11. The van der Waals surface area contributed by atoms with Crippen LogP contribution in [0, 0.1) is 0 Å². The van der Waals surface area contributed by atoms with Gasteiger partial charge in [-0.25, -0.2) is 0 Å². The lowest BCUT2D eigenvalue weighted by atomic mass is 10.1. The topological polar surface area (TPSA) is 101 Å². The number of primary amides is 1. The van der Waals surface area contributed by atoms with Gasteiger partial charge in [-0.3, -0.25) is 14.4 Å². The summed E-state index contributed by atoms with van der Waals surface area (Å²) in [5.41, 5.74) is 7.08. The van der Waals surface area contributed by atoms with Gasteiger partial charge in [0.1, 0.15) is 0 Å². The molecule has 0 aliphatic carbocycles. The largest absolute Gasteiger partial charge is 0.366 e. The van der Waals surface area contributed by atoms with Crippen LogP contribution in [0.25, 0.3) is 0 Å². The molecule has 0 bridgehead atoms. The Balaban J connectivity index is 1.66. The Kier molecular flexibility index (Phi) is 6.51. The summed E-state index contributed by atoms with van der Waals surface area (Å²) in [4.78, 5) is 34.6. The van der Waals surface area contributed by atoms with E-state index >= 15 is 0 Å². The molecule has 1 aromatic heterocycles. The molecule has 0 saturated carbocycles. The molecule has 24 heavy (non-hydrogen) atoms. The minimum absolute atomic E-state index is 0.107. The van der Waals surface area contributed by atoms with Gasteiger partial charge in [0, 0.05) is 36.0 Å². The van der Waals surface area contributed by atoms with Crippen molar-refractivity contribution >= 4 is 29.1 Å². The summed E-state index contributed by atoms with van der Waals surface area (Å²) in [6.07, 6.45) is 0.877. The number of carbonyl (C=O) groups excluding carboxylic acids is 3. The summed E-state index contributed by atoms with van der Waals surface area (Å²) in [5.74, 6) is -0.728. The number of carbonyl (C=O) groups is 3. The summed E-state index contributed by atoms with van der Waals surface area (Å²) in [7, 11) is 0. The Hall–Kier alpha value is -2.67. The maximum Gasteiger partial charge on any atom is 0.252 e. The monoisotopic (exact) mass is 345 g/mol. The Morgan fingerprint density at radius 1 is 1.08 bits per heavy atom. The number of nitrogens with one attached hydrogen (secondary N) is 2. The Morgan fingerprint density at radius 2 is 1.92 bits per heavy atom. The molecule has 2 aromatic rings. The molecule has 126 valence electrons. The highest BCUT2D eigenvalue weighted by Crippen LogP contribution is 2.06. The molecule has 0 spiro atoms. The van der Waals surface area contributed by atoms with E-state index in [2.05, 4.69) is 10.6 Å². The molecular formula is C17H19N3O3S. The van der Waals surface area contributed by atoms with Crippen LogP contribution in [0.2, 0.25) is 0 Å². The first-order valence-electron chi connectivity index (χ1n) is 7.52. The van der Waals surface area contributed by atoms with E-state index in [1.165, 1.54) is 11.3 Å². The lowest BCUT2D eigenvalue weighted by Gasteiger charge is -2.07. The second-order valence-electron chi connectivity index (χ2n) is 5.21. The van der Waals surface area contributed by atoms with E-state index in [-0.39, 0.29) is 11.8 Å². The third-order valence-corrected chi connectivity index (χ3v) is 4.03. The maximum absolute atomic E-state index is 11.8. The van der Waals surface area contributed by atoms with Gasteiger partial charge in [-0.05, 0) is 35.6 Å². The molecule has 0 aliphatic heterocycles. The summed E-state index contributed by atoms with van der Waals surface area (Å²) in [5, 5.41) is 9.17. The summed E-state index contributed by atoms with van der Waals surface area (Å²) >= 11 is 1.47. The van der Waals surface area contributed by atoms with Gasteiger partial charge in [0.25, 0.3) is 5.91 Å². The molecule has 7 heteroatoms. The van der Waals surface area contributed by atoms with Crippen LogP contribution in [0.1, 0.15) is 39.1 Å². The third kappa shape index (κ3) is 5.51. The zero-order valence-electron chi connectivity index (χ0n) is 13.1. The molecule has 0 aliphatic rings. The fraction of sp³-hybridized carbons (Fsp3) is 0.235. The molecule has 0 fully saturated rings. The van der Waals surface area contributed by atoms with Crippen molar-refractivity contribution in [2.45, 2.75) is 19.4 Å². The number of hydrogen-bond donors (Lipinski definition) is 3. The fourth-order valence-corrected chi connectivity index (χ4v) is 2.71. The Labute approximate surface area is 144 Å². The van der Waals surface area contributed by atoms with Gasteiger partial charge >= 0.3 is 0 Å². The zero-order chi connectivity index (χ0) is 17.4. The van der Waals surface area contributed by atoms with Crippen LogP contribution in [-0.4, -0.2) is 24.3 Å². The molecule has 4 N–H and O–H groups in total. The van der Waals surface area contributed by atoms with E-state index in [1.54, 1.807) is 29.6 Å². The van der Waals surface area contributed by atoms with Gasteiger partial charge in [0.15, 0.2) is 0 Å². The van der Waals surface area contributed by atoms with Crippen molar-refractivity contribution in [2.75, 3.05) is 6.54 Å². The van der Waals surface area contributed by atoms with E-state index in [0.717, 1.165) is 5.56 Å². The predicted octanol–water partition coefficient (Wildman–Crippen LogP) is 1.67. The fourth-order valence-electron chi connectivity index (χ4n) is 2.07. The summed E-state index contributed by atoms with van der Waals surface area (Å²) in [6.45, 7) is 0.778. The standard InChI is InChI=1S/C17H19N3O3S/c18-16(22)13-4-1-3-12(9-13)10-20-15(21)5-2-7-19-17(23)14-6-8-24-11-14/h1,3-4,6,8-9,11H,2,5,7,10H2,(H2,18,22)(H,19,23)(H,20,21). The van der Waals surface area contributed by atoms with Crippen LogP contribution in [0.4, 0.5) is 0 Å². The van der Waals surface area contributed by atoms with Crippen LogP contribution in [0.5, 0.6) is 0 Å². The van der Waals surface area contributed by atoms with Crippen LogP contribution in [0.3, 0.4) is 0 Å². The quantitative estimate of drug-likeness (QED) is 0.634. The number of thiophene rings is 1. The second kappa shape index (κ2) is 8.83. The van der Waals surface area contributed by atoms with Crippen molar-refractivity contribution in [3.8, 4) is 0 Å². The highest BCUT2D eigenvalue weighted by Gasteiger charge is 2.06. The number of amides is 3. The normalized spacial score (nSPS) is 10.2. The first-order valence-corrected chi connectivity index (χ1v) is 8.46. The lowest BCUT2D eigenvalue weighted by Crippen LogP contribution is -2.27. The van der Waals surface area contributed by atoms with E-state index in [9.17, 15) is 14.4 Å². The summed E-state index contributed by atoms with van der Waals surface area (Å²) < 4.78 is 0. The van der Waals surface area contributed by atoms with Gasteiger partial charge in [0.2, 0.25) is 11.8 Å². The third-order valence-electron chi connectivity index (χ3n) is 3.35. The van der Waals surface area contributed by atoms with E-state index in [4.69, 9.17) is 5.73 Å². The van der Waals surface area contributed by atoms with E-state index in [0.29, 0.717) is 37.1 Å². The molecule has 3 amide bonds. The van der Waals surface area contributed by atoms with Crippen LogP contribution < -0.4 is 16.4 Å². The van der Waals surface area contributed by atoms with Gasteiger partial charge in [-0.15, -0.1) is 0 Å². The highest BCUT2D eigenvalue weighted by molar-refractivity contribution is 7.08. The number of nitrogens with two attached hydrogens (primary N) is 1. The minimum atomic E-state index is -0.496. The lowest BCUT2D eigenvalue weighted by molar-refractivity contribution is -0.121. The minimum Gasteiger partial charge on any atom is -0.366 e. The molecule has 6 nitrogen and oxygen atoms in total. The van der Waals surface area contributed by atoms with Crippen LogP contribution >= 0.6 is 11.3 Å². The molecule has 0 atom stereocenters. The Bertz CT molecular complexity index is 714. The molecule has 0 unspecified atom stereocenters. The van der Waals surface area contributed by atoms with Gasteiger partial charge in [-0.2, -0.15) is 11.3 Å². The van der Waals surface area contributed by atoms with Crippen molar-refractivity contribution in [2.24, 2.45) is 5.73 Å².